The molecule has 1 aromatic rings. The van der Waals surface area contributed by atoms with Crippen molar-refractivity contribution in [2.45, 2.75) is 13.2 Å². The van der Waals surface area contributed by atoms with E-state index in [0.29, 0.717) is 18.8 Å². The first-order valence-corrected chi connectivity index (χ1v) is 5.53. The number of amidine groups is 1. The van der Waals surface area contributed by atoms with Crippen molar-refractivity contribution in [2.24, 2.45) is 10.9 Å². The first-order valence-electron chi connectivity index (χ1n) is 5.53. The first kappa shape index (κ1) is 12.4. The Hall–Kier alpha value is -2.08. The molecule has 0 saturated heterocycles. The van der Waals surface area contributed by atoms with Gasteiger partial charge in [0.15, 0.2) is 5.84 Å². The maximum atomic E-state index is 12.1. The van der Waals surface area contributed by atoms with Crippen molar-refractivity contribution >= 4 is 11.7 Å². The Kier molecular flexibility index (Phi) is 3.47. The molecule has 0 aliphatic carbocycles. The lowest BCUT2D eigenvalue weighted by Crippen LogP contribution is -2.35. The van der Waals surface area contributed by atoms with E-state index in [-0.39, 0.29) is 18.3 Å². The van der Waals surface area contributed by atoms with Crippen LogP contribution >= 0.6 is 0 Å². The summed E-state index contributed by atoms with van der Waals surface area (Å²) in [6.45, 7) is 1.23. The van der Waals surface area contributed by atoms with E-state index in [1.54, 1.807) is 13.1 Å². The van der Waals surface area contributed by atoms with Gasteiger partial charge in [-0.1, -0.05) is 11.2 Å². The average Bonchev–Trinajstić information content (AvgIpc) is 2.84. The summed E-state index contributed by atoms with van der Waals surface area (Å²) in [7, 11) is 1.60. The number of carbonyl (C=O) groups is 1. The third-order valence-corrected chi connectivity index (χ3v) is 2.84. The van der Waals surface area contributed by atoms with Crippen LogP contribution in [0.2, 0.25) is 0 Å². The highest BCUT2D eigenvalue weighted by Crippen LogP contribution is 2.21. The number of rotatable bonds is 3. The lowest BCUT2D eigenvalue weighted by molar-refractivity contribution is 0.0813. The van der Waals surface area contributed by atoms with E-state index >= 15 is 0 Å². The summed E-state index contributed by atoms with van der Waals surface area (Å²) >= 11 is 0. The number of fused-ring (bicyclic) bond motifs is 1. The van der Waals surface area contributed by atoms with Crippen LogP contribution < -0.4 is 5.73 Å². The van der Waals surface area contributed by atoms with Crippen molar-refractivity contribution in [3.05, 3.63) is 34.9 Å². The smallest absolute Gasteiger partial charge is 0.254 e. The van der Waals surface area contributed by atoms with E-state index in [9.17, 15) is 4.79 Å². The van der Waals surface area contributed by atoms with Crippen LogP contribution in [0.15, 0.2) is 23.4 Å². The number of ether oxygens (including phenoxy) is 1. The number of hydrogen-bond acceptors (Lipinski definition) is 4. The molecule has 0 unspecified atom stereocenters. The highest BCUT2D eigenvalue weighted by molar-refractivity contribution is 5.97. The quantitative estimate of drug-likeness (QED) is 0.354. The van der Waals surface area contributed by atoms with Crippen molar-refractivity contribution in [1.29, 1.82) is 0 Å². The Morgan fingerprint density at radius 3 is 2.94 bits per heavy atom. The zero-order valence-corrected chi connectivity index (χ0v) is 10.1. The van der Waals surface area contributed by atoms with Crippen LogP contribution in [0.1, 0.15) is 21.5 Å². The van der Waals surface area contributed by atoms with Crippen molar-refractivity contribution in [1.82, 2.24) is 4.90 Å². The Morgan fingerprint density at radius 2 is 2.22 bits per heavy atom. The van der Waals surface area contributed by atoms with Gasteiger partial charge in [-0.15, -0.1) is 0 Å². The molecule has 96 valence electrons. The SMILES string of the molecule is CN(CC(N)=NO)C(=O)c1ccc2c(c1)COC2. The van der Waals surface area contributed by atoms with Gasteiger partial charge in [-0.25, -0.2) is 0 Å². The molecule has 1 aliphatic rings. The fraction of sp³-hybridized carbons (Fsp3) is 0.333. The molecular formula is C12H15N3O3. The molecule has 6 nitrogen and oxygen atoms in total. The van der Waals surface area contributed by atoms with E-state index in [1.807, 2.05) is 12.1 Å². The van der Waals surface area contributed by atoms with Crippen LogP contribution in [-0.2, 0) is 18.0 Å². The molecule has 1 heterocycles. The Bertz CT molecular complexity index is 499. The van der Waals surface area contributed by atoms with Crippen molar-refractivity contribution in [3.8, 4) is 0 Å². The van der Waals surface area contributed by atoms with Gasteiger partial charge >= 0.3 is 0 Å². The molecule has 0 atom stereocenters. The number of amides is 1. The molecule has 0 radical (unpaired) electrons. The fourth-order valence-corrected chi connectivity index (χ4v) is 1.87. The zero-order valence-electron chi connectivity index (χ0n) is 10.1. The van der Waals surface area contributed by atoms with Crippen LogP contribution in [0.25, 0.3) is 0 Å². The maximum Gasteiger partial charge on any atom is 0.254 e. The summed E-state index contributed by atoms with van der Waals surface area (Å²) in [5.74, 6) is -0.174. The number of nitrogens with zero attached hydrogens (tertiary/aromatic N) is 2. The predicted molar refractivity (Wildman–Crippen MR) is 65.3 cm³/mol. The zero-order chi connectivity index (χ0) is 13.1. The van der Waals surface area contributed by atoms with E-state index < -0.39 is 0 Å². The largest absolute Gasteiger partial charge is 0.409 e. The van der Waals surface area contributed by atoms with Crippen molar-refractivity contribution in [3.63, 3.8) is 0 Å². The third kappa shape index (κ3) is 2.43. The third-order valence-electron chi connectivity index (χ3n) is 2.84. The van der Waals surface area contributed by atoms with Crippen molar-refractivity contribution < 1.29 is 14.7 Å². The molecule has 0 aromatic heterocycles. The lowest BCUT2D eigenvalue weighted by Gasteiger charge is -2.16. The van der Waals surface area contributed by atoms with E-state index in [1.165, 1.54) is 4.90 Å². The molecule has 1 aromatic carbocycles. The normalized spacial score (nSPS) is 14.4. The fourth-order valence-electron chi connectivity index (χ4n) is 1.87. The maximum absolute atomic E-state index is 12.1. The van der Waals surface area contributed by atoms with Crippen molar-refractivity contribution in [2.75, 3.05) is 13.6 Å². The van der Waals surface area contributed by atoms with Gasteiger partial charge in [-0.3, -0.25) is 4.79 Å². The van der Waals surface area contributed by atoms with E-state index in [0.717, 1.165) is 11.1 Å². The molecule has 18 heavy (non-hydrogen) atoms. The lowest BCUT2D eigenvalue weighted by atomic mass is 10.1. The summed E-state index contributed by atoms with van der Waals surface area (Å²) < 4.78 is 5.30. The minimum Gasteiger partial charge on any atom is -0.409 e. The van der Waals surface area contributed by atoms with E-state index in [2.05, 4.69) is 5.16 Å². The van der Waals surface area contributed by atoms with Gasteiger partial charge in [-0.05, 0) is 23.3 Å². The second-order valence-electron chi connectivity index (χ2n) is 4.23. The van der Waals surface area contributed by atoms with Crippen LogP contribution in [0.3, 0.4) is 0 Å². The summed E-state index contributed by atoms with van der Waals surface area (Å²) in [5, 5.41) is 11.3. The van der Waals surface area contributed by atoms with Crippen LogP contribution in [0.5, 0.6) is 0 Å². The molecule has 1 aliphatic heterocycles. The van der Waals surface area contributed by atoms with Crippen LogP contribution in [0.4, 0.5) is 0 Å². The summed E-state index contributed by atoms with van der Waals surface area (Å²) in [6, 6.07) is 5.49. The summed E-state index contributed by atoms with van der Waals surface area (Å²) in [5.41, 5.74) is 8.10. The van der Waals surface area contributed by atoms with Gasteiger partial charge in [0.25, 0.3) is 5.91 Å². The van der Waals surface area contributed by atoms with Gasteiger partial charge in [0.1, 0.15) is 0 Å². The molecule has 3 N–H and O–H groups in total. The number of benzene rings is 1. The molecule has 2 rings (SSSR count). The highest BCUT2D eigenvalue weighted by atomic mass is 16.5. The Balaban J connectivity index is 2.14. The molecule has 0 bridgehead atoms. The molecule has 1 amide bonds. The highest BCUT2D eigenvalue weighted by Gasteiger charge is 2.17. The minimum absolute atomic E-state index is 0.00431. The van der Waals surface area contributed by atoms with Crippen LogP contribution in [-0.4, -0.2) is 35.4 Å². The molecule has 0 spiro atoms. The van der Waals surface area contributed by atoms with Gasteiger partial charge in [0.2, 0.25) is 0 Å². The molecular weight excluding hydrogens is 234 g/mol. The molecule has 0 fully saturated rings. The van der Waals surface area contributed by atoms with Gasteiger partial charge in [-0.2, -0.15) is 0 Å². The number of carbonyl (C=O) groups excluding carboxylic acids is 1. The number of likely N-dealkylation sites (N-methyl/N-ethyl adjacent to an activating group) is 1. The average molecular weight is 249 g/mol. The topological polar surface area (TPSA) is 88.1 Å². The van der Waals surface area contributed by atoms with E-state index in [4.69, 9.17) is 15.7 Å². The Morgan fingerprint density at radius 1 is 1.50 bits per heavy atom. The standard InChI is InChI=1S/C12H15N3O3/c1-15(5-11(13)14-17)12(16)8-2-3-9-6-18-7-10(9)4-8/h2-4,17H,5-7H2,1H3,(H2,13,14). The minimum atomic E-state index is -0.170. The van der Waals surface area contributed by atoms with Gasteiger partial charge < -0.3 is 20.6 Å². The van der Waals surface area contributed by atoms with Gasteiger partial charge in [0, 0.05) is 12.6 Å². The second kappa shape index (κ2) is 5.05. The first-order chi connectivity index (χ1) is 8.61. The van der Waals surface area contributed by atoms with Crippen LogP contribution in [0, 0.1) is 0 Å². The van der Waals surface area contributed by atoms with Gasteiger partial charge in [0.05, 0.1) is 19.8 Å². The number of oxime groups is 1. The molecule has 0 saturated carbocycles. The monoisotopic (exact) mass is 249 g/mol. The Labute approximate surface area is 105 Å². The summed E-state index contributed by atoms with van der Waals surface area (Å²) in [4.78, 5) is 13.5. The molecule has 6 heteroatoms. The predicted octanol–water partition coefficient (Wildman–Crippen LogP) is 0.535. The number of nitrogens with two attached hydrogens (primary N) is 1. The number of hydrogen-bond donors (Lipinski definition) is 2. The second-order valence-corrected chi connectivity index (χ2v) is 4.23. The summed E-state index contributed by atoms with van der Waals surface area (Å²) in [6.07, 6.45) is 0.